The molecule has 0 spiro atoms. The Morgan fingerprint density at radius 1 is 0.529 bits per heavy atom. The van der Waals surface area contributed by atoms with Crippen LogP contribution in [0.25, 0.3) is 0 Å². The van der Waals surface area contributed by atoms with Crippen LogP contribution < -0.4 is 10.7 Å². The maximum atomic E-state index is 4.43. The number of likely N-dealkylation sites (tertiary alicyclic amines) is 1. The second-order valence-corrected chi connectivity index (χ2v) is 23.4. The third-order valence-corrected chi connectivity index (χ3v) is 16.2. The van der Waals surface area contributed by atoms with Gasteiger partial charge in [0.1, 0.15) is 0 Å². The molecule has 4 nitrogen and oxygen atoms in total. The van der Waals surface area contributed by atoms with Crippen molar-refractivity contribution in [2.45, 2.75) is 273 Å². The van der Waals surface area contributed by atoms with E-state index in [0.29, 0.717) is 5.92 Å². The van der Waals surface area contributed by atoms with Gasteiger partial charge in [-0.15, -0.1) is 13.2 Å². The van der Waals surface area contributed by atoms with E-state index < -0.39 is 0 Å². The number of hydrogen-bond acceptors (Lipinski definition) is 6. The van der Waals surface area contributed by atoms with E-state index in [1.54, 1.807) is 0 Å². The molecule has 402 valence electrons. The van der Waals surface area contributed by atoms with Gasteiger partial charge in [0, 0.05) is 49.1 Å². The molecule has 68 heavy (non-hydrogen) atoms. The van der Waals surface area contributed by atoms with E-state index in [-0.39, 0.29) is 0 Å². The SMILES string of the molecule is C=C.C=C(CCC)CC(CCCCCCCC)CCCCCCCC.C=C(CCCCCCCCCC)CC(C)CNN(CCC)C(=C)CCCSSCCCC(=C)NCCN1CCCCCC1. The Labute approximate surface area is 437 Å². The molecule has 0 radical (unpaired) electrons. The van der Waals surface area contributed by atoms with Crippen molar-refractivity contribution < 1.29 is 0 Å². The molecule has 1 aliphatic heterocycles. The minimum Gasteiger partial charge on any atom is -0.388 e. The van der Waals surface area contributed by atoms with E-state index in [4.69, 9.17) is 0 Å². The Morgan fingerprint density at radius 3 is 1.53 bits per heavy atom. The van der Waals surface area contributed by atoms with E-state index in [1.165, 1.54) is 253 Å². The van der Waals surface area contributed by atoms with Crippen LogP contribution in [0.3, 0.4) is 0 Å². The summed E-state index contributed by atoms with van der Waals surface area (Å²) in [6.07, 6.45) is 48.5. The molecule has 1 saturated heterocycles. The van der Waals surface area contributed by atoms with Crippen LogP contribution in [0, 0.1) is 11.8 Å². The zero-order valence-electron chi connectivity index (χ0n) is 47.2. The largest absolute Gasteiger partial charge is 0.388 e. The van der Waals surface area contributed by atoms with Crippen molar-refractivity contribution in [1.29, 1.82) is 0 Å². The molecule has 0 bridgehead atoms. The number of rotatable bonds is 48. The lowest BCUT2D eigenvalue weighted by Gasteiger charge is -2.29. The van der Waals surface area contributed by atoms with Gasteiger partial charge in [-0.2, -0.15) is 0 Å². The van der Waals surface area contributed by atoms with Crippen LogP contribution in [-0.2, 0) is 0 Å². The van der Waals surface area contributed by atoms with Gasteiger partial charge in [-0.1, -0.05) is 255 Å². The Morgan fingerprint density at radius 2 is 1.01 bits per heavy atom. The zero-order valence-corrected chi connectivity index (χ0v) is 48.9. The van der Waals surface area contributed by atoms with Crippen molar-refractivity contribution >= 4 is 21.6 Å². The highest BCUT2D eigenvalue weighted by Crippen LogP contribution is 2.27. The monoisotopic (exact) mass is 987 g/mol. The van der Waals surface area contributed by atoms with E-state index >= 15 is 0 Å². The Bertz CT molecular complexity index is 1080. The van der Waals surface area contributed by atoms with Crippen LogP contribution in [-0.4, -0.2) is 60.7 Å². The summed E-state index contributed by atoms with van der Waals surface area (Å²) in [5, 5.41) is 5.88. The highest BCUT2D eigenvalue weighted by atomic mass is 33.1. The molecular weight excluding hydrogens is 865 g/mol. The van der Waals surface area contributed by atoms with Crippen LogP contribution >= 0.6 is 21.6 Å². The first kappa shape index (κ1) is 69.0. The van der Waals surface area contributed by atoms with E-state index in [1.807, 2.05) is 21.6 Å². The predicted octanol–water partition coefficient (Wildman–Crippen LogP) is 20.4. The number of allylic oxidation sites excluding steroid dienone is 4. The van der Waals surface area contributed by atoms with Gasteiger partial charge in [-0.05, 0) is 102 Å². The molecule has 0 aromatic rings. The fourth-order valence-electron chi connectivity index (χ4n) is 9.42. The third-order valence-electron chi connectivity index (χ3n) is 13.6. The first-order valence-electron chi connectivity index (χ1n) is 29.6. The fourth-order valence-corrected chi connectivity index (χ4v) is 11.6. The number of hydrogen-bond donors (Lipinski definition) is 2. The van der Waals surface area contributed by atoms with Gasteiger partial charge in [-0.25, -0.2) is 5.43 Å². The lowest BCUT2D eigenvalue weighted by molar-refractivity contribution is 0.221. The lowest BCUT2D eigenvalue weighted by atomic mass is 9.88. The molecule has 1 fully saturated rings. The summed E-state index contributed by atoms with van der Waals surface area (Å²) < 4.78 is 0. The quantitative estimate of drug-likeness (QED) is 0.0273. The van der Waals surface area contributed by atoms with Gasteiger partial charge < -0.3 is 15.2 Å². The highest BCUT2D eigenvalue weighted by molar-refractivity contribution is 8.76. The average Bonchev–Trinajstić information content (AvgIpc) is 3.61. The molecule has 1 rings (SSSR count). The van der Waals surface area contributed by atoms with E-state index in [0.717, 1.165) is 57.8 Å². The molecular formula is C62H122N4S2. The predicted molar refractivity (Wildman–Crippen MR) is 319 cm³/mol. The fraction of sp³-hybridized carbons (Fsp3) is 0.839. The van der Waals surface area contributed by atoms with Crippen molar-refractivity contribution in [2.24, 2.45) is 11.8 Å². The van der Waals surface area contributed by atoms with Crippen LogP contribution in [0.4, 0.5) is 0 Å². The summed E-state index contributed by atoms with van der Waals surface area (Å²) in [4.78, 5) is 2.61. The summed E-state index contributed by atoms with van der Waals surface area (Å²) in [6.45, 7) is 44.0. The van der Waals surface area contributed by atoms with Crippen molar-refractivity contribution in [3.63, 3.8) is 0 Å². The standard InChI is InChI=1S/C37H72N4S2.C23H46.C2H4/c1-7-9-10-11-12-13-14-17-22-34(3)32-35(4)33-39-41(26-8-2)37(6)24-21-31-43-42-30-20-23-36(5)38-25-29-40-27-18-15-16-19-28-40;1-5-8-10-12-14-16-19-23(21-22(4)18-7-3)20-17-15-13-11-9-6-2;1-2/h35,38-39H,3,5-33H2,1-2,4H3;23H,4-21H2,1-3H3;1-2H2. The molecule has 1 atom stereocenters. The summed E-state index contributed by atoms with van der Waals surface area (Å²) in [6, 6.07) is 0. The van der Waals surface area contributed by atoms with Gasteiger partial charge in [-0.3, -0.25) is 0 Å². The van der Waals surface area contributed by atoms with Gasteiger partial charge in [0.25, 0.3) is 0 Å². The van der Waals surface area contributed by atoms with Crippen LogP contribution in [0.5, 0.6) is 0 Å². The van der Waals surface area contributed by atoms with Crippen molar-refractivity contribution in [3.05, 3.63) is 62.0 Å². The molecule has 0 saturated carbocycles. The zero-order chi connectivity index (χ0) is 50.6. The van der Waals surface area contributed by atoms with Crippen LogP contribution in [0.1, 0.15) is 273 Å². The number of unbranched alkanes of at least 4 members (excludes halogenated alkanes) is 17. The van der Waals surface area contributed by atoms with E-state index in [2.05, 4.69) is 102 Å². The summed E-state index contributed by atoms with van der Waals surface area (Å²) in [5.74, 6) is 3.91. The Kier molecular flexibility index (Phi) is 56.0. The summed E-state index contributed by atoms with van der Waals surface area (Å²) in [5.41, 5.74) is 9.09. The van der Waals surface area contributed by atoms with Crippen LogP contribution in [0.2, 0.25) is 0 Å². The molecule has 1 unspecified atom stereocenters. The molecule has 0 amide bonds. The Balaban J connectivity index is 0. The normalized spacial score (nSPS) is 13.2. The first-order valence-corrected chi connectivity index (χ1v) is 32.1. The minimum atomic E-state index is 0.603. The first-order chi connectivity index (χ1) is 33.2. The highest BCUT2D eigenvalue weighted by Gasteiger charge is 2.13. The van der Waals surface area contributed by atoms with Gasteiger partial charge in [0.05, 0.1) is 0 Å². The third kappa shape index (κ3) is 48.5. The van der Waals surface area contributed by atoms with Crippen molar-refractivity contribution in [1.82, 2.24) is 20.7 Å². The summed E-state index contributed by atoms with van der Waals surface area (Å²) in [7, 11) is 4.04. The average molecular weight is 988 g/mol. The molecule has 2 N–H and O–H groups in total. The second kappa shape index (κ2) is 55.2. The lowest BCUT2D eigenvalue weighted by Crippen LogP contribution is -2.40. The van der Waals surface area contributed by atoms with Gasteiger partial charge in [0.2, 0.25) is 0 Å². The molecule has 0 aliphatic carbocycles. The van der Waals surface area contributed by atoms with Gasteiger partial charge in [0.15, 0.2) is 0 Å². The number of nitrogens with zero attached hydrogens (tertiary/aromatic N) is 2. The van der Waals surface area contributed by atoms with Crippen molar-refractivity contribution in [3.8, 4) is 0 Å². The molecule has 0 aromatic carbocycles. The maximum Gasteiger partial charge on any atom is 0.0338 e. The number of hydrazine groups is 1. The minimum absolute atomic E-state index is 0.603. The maximum absolute atomic E-state index is 4.43. The topological polar surface area (TPSA) is 30.5 Å². The molecule has 0 aromatic heterocycles. The smallest absolute Gasteiger partial charge is 0.0338 e. The number of nitrogens with one attached hydrogen (secondary N) is 2. The molecule has 6 heteroatoms. The van der Waals surface area contributed by atoms with Crippen molar-refractivity contribution in [2.75, 3.05) is 50.8 Å². The molecule has 1 heterocycles. The second-order valence-electron chi connectivity index (χ2n) is 20.7. The van der Waals surface area contributed by atoms with E-state index in [9.17, 15) is 0 Å². The van der Waals surface area contributed by atoms with Gasteiger partial charge >= 0.3 is 0 Å². The summed E-state index contributed by atoms with van der Waals surface area (Å²) >= 11 is 0. The van der Waals surface area contributed by atoms with Crippen LogP contribution in [0.15, 0.2) is 62.0 Å². The Hall–Kier alpha value is -1.08. The molecule has 1 aliphatic rings.